The standard InChI is InChI=1S/C24H19F3N4O5S/c1-36-17-5-7-18(8-6-17)37(34,35)31(14-15-3-2-10-28-12-15)22-19-9-4-16(24(25,26)27)11-21(19)29-13-20(22)23(32)30-33/h2-13,33H,14H2,1H3,(H,30,32). The molecule has 9 nitrogen and oxygen atoms in total. The lowest BCUT2D eigenvalue weighted by atomic mass is 10.1. The largest absolute Gasteiger partial charge is 0.497 e. The number of carbonyl (C=O) groups is 1. The van der Waals surface area contributed by atoms with E-state index in [0.29, 0.717) is 11.3 Å². The van der Waals surface area contributed by atoms with Crippen molar-refractivity contribution in [2.75, 3.05) is 11.4 Å². The first-order valence-corrected chi connectivity index (χ1v) is 12.0. The number of amides is 1. The van der Waals surface area contributed by atoms with Gasteiger partial charge in [0.15, 0.2) is 0 Å². The number of ether oxygens (including phenoxy) is 1. The van der Waals surface area contributed by atoms with Crippen LogP contribution in [0.1, 0.15) is 21.5 Å². The zero-order chi connectivity index (χ0) is 26.8. The molecule has 0 aliphatic rings. The van der Waals surface area contributed by atoms with Crippen LogP contribution in [0, 0.1) is 0 Å². The summed E-state index contributed by atoms with van der Waals surface area (Å²) < 4.78 is 73.9. The smallest absolute Gasteiger partial charge is 0.416 e. The normalized spacial score (nSPS) is 11.8. The van der Waals surface area contributed by atoms with Crippen molar-refractivity contribution < 1.29 is 36.3 Å². The van der Waals surface area contributed by atoms with Crippen LogP contribution in [-0.4, -0.2) is 36.6 Å². The van der Waals surface area contributed by atoms with E-state index >= 15 is 0 Å². The summed E-state index contributed by atoms with van der Waals surface area (Å²) in [5, 5.41) is 9.26. The number of anilines is 1. The summed E-state index contributed by atoms with van der Waals surface area (Å²) in [6, 6.07) is 11.2. The topological polar surface area (TPSA) is 122 Å². The minimum Gasteiger partial charge on any atom is -0.497 e. The molecular formula is C24H19F3N4O5S. The number of sulfonamides is 1. The Bertz CT molecular complexity index is 1550. The van der Waals surface area contributed by atoms with Gasteiger partial charge in [0.05, 0.1) is 40.9 Å². The second kappa shape index (κ2) is 10.0. The van der Waals surface area contributed by atoms with Gasteiger partial charge < -0.3 is 4.74 Å². The van der Waals surface area contributed by atoms with Crippen molar-refractivity contribution in [2.45, 2.75) is 17.6 Å². The molecule has 0 radical (unpaired) electrons. The predicted octanol–water partition coefficient (Wildman–Crippen LogP) is 4.17. The van der Waals surface area contributed by atoms with Crippen LogP contribution < -0.4 is 14.5 Å². The van der Waals surface area contributed by atoms with Crippen molar-refractivity contribution in [2.24, 2.45) is 0 Å². The summed E-state index contributed by atoms with van der Waals surface area (Å²) in [5.74, 6) is -0.711. The second-order valence-corrected chi connectivity index (χ2v) is 9.60. The number of benzene rings is 2. The van der Waals surface area contributed by atoms with Crippen molar-refractivity contribution in [3.8, 4) is 5.75 Å². The van der Waals surface area contributed by atoms with Crippen LogP contribution in [0.25, 0.3) is 10.9 Å². The number of aromatic nitrogens is 2. The average molecular weight is 533 g/mol. The number of hydrogen-bond donors (Lipinski definition) is 2. The van der Waals surface area contributed by atoms with Gasteiger partial charge in [0.2, 0.25) is 0 Å². The highest BCUT2D eigenvalue weighted by Gasteiger charge is 2.34. The molecule has 4 rings (SSSR count). The minimum absolute atomic E-state index is 0.0601. The summed E-state index contributed by atoms with van der Waals surface area (Å²) in [5.41, 5.74) is -0.00435. The van der Waals surface area contributed by atoms with Crippen molar-refractivity contribution in [3.05, 3.63) is 89.9 Å². The van der Waals surface area contributed by atoms with Crippen LogP contribution in [0.4, 0.5) is 18.9 Å². The van der Waals surface area contributed by atoms with Crippen molar-refractivity contribution in [3.63, 3.8) is 0 Å². The van der Waals surface area contributed by atoms with Gasteiger partial charge in [-0.2, -0.15) is 13.2 Å². The van der Waals surface area contributed by atoms with Crippen LogP contribution in [0.2, 0.25) is 0 Å². The molecule has 0 aliphatic carbocycles. The molecule has 37 heavy (non-hydrogen) atoms. The molecule has 192 valence electrons. The lowest BCUT2D eigenvalue weighted by molar-refractivity contribution is -0.137. The maximum Gasteiger partial charge on any atom is 0.416 e. The van der Waals surface area contributed by atoms with Gasteiger partial charge in [0.1, 0.15) is 5.75 Å². The first kappa shape index (κ1) is 25.9. The molecule has 2 N–H and O–H groups in total. The van der Waals surface area contributed by atoms with Crippen LogP contribution in [-0.2, 0) is 22.7 Å². The Kier molecular flexibility index (Phi) is 7.01. The number of nitrogens with zero attached hydrogens (tertiary/aromatic N) is 3. The molecule has 2 heterocycles. The van der Waals surface area contributed by atoms with Gasteiger partial charge >= 0.3 is 6.18 Å². The van der Waals surface area contributed by atoms with E-state index in [2.05, 4.69) is 9.97 Å². The zero-order valence-corrected chi connectivity index (χ0v) is 19.9. The number of alkyl halides is 3. The molecule has 0 spiro atoms. The summed E-state index contributed by atoms with van der Waals surface area (Å²) >= 11 is 0. The first-order valence-electron chi connectivity index (χ1n) is 10.6. The van der Waals surface area contributed by atoms with Crippen LogP contribution in [0.5, 0.6) is 5.75 Å². The molecule has 1 amide bonds. The Morgan fingerprint density at radius 3 is 2.43 bits per heavy atom. The average Bonchev–Trinajstić information content (AvgIpc) is 2.90. The van der Waals surface area contributed by atoms with Gasteiger partial charge in [-0.3, -0.25) is 24.3 Å². The minimum atomic E-state index is -4.68. The van der Waals surface area contributed by atoms with Crippen molar-refractivity contribution >= 4 is 32.5 Å². The third-order valence-electron chi connectivity index (χ3n) is 5.46. The van der Waals surface area contributed by atoms with Crippen LogP contribution in [0.3, 0.4) is 0 Å². The zero-order valence-electron chi connectivity index (χ0n) is 19.1. The number of nitrogens with one attached hydrogen (secondary N) is 1. The predicted molar refractivity (Wildman–Crippen MR) is 127 cm³/mol. The summed E-state index contributed by atoms with van der Waals surface area (Å²) in [6.07, 6.45) is -0.880. The molecule has 0 bridgehead atoms. The molecule has 0 saturated carbocycles. The fourth-order valence-corrected chi connectivity index (χ4v) is 5.16. The van der Waals surface area contributed by atoms with Crippen LogP contribution in [0.15, 0.2) is 78.1 Å². The SMILES string of the molecule is COc1ccc(S(=O)(=O)N(Cc2cccnc2)c2c(C(=O)NO)cnc3cc(C(F)(F)F)ccc23)cc1. The first-order chi connectivity index (χ1) is 17.6. The molecule has 2 aromatic carbocycles. The van der Waals surface area contributed by atoms with Crippen LogP contribution >= 0.6 is 0 Å². The van der Waals surface area contributed by atoms with E-state index < -0.39 is 27.7 Å². The number of fused-ring (bicyclic) bond motifs is 1. The third kappa shape index (κ3) is 5.17. The maximum atomic E-state index is 13.9. The third-order valence-corrected chi connectivity index (χ3v) is 7.22. The number of halogens is 3. The number of hydrogen-bond acceptors (Lipinski definition) is 7. The highest BCUT2D eigenvalue weighted by atomic mass is 32.2. The highest BCUT2D eigenvalue weighted by molar-refractivity contribution is 7.92. The highest BCUT2D eigenvalue weighted by Crippen LogP contribution is 2.38. The van der Waals surface area contributed by atoms with Crippen molar-refractivity contribution in [1.29, 1.82) is 0 Å². The summed E-state index contributed by atoms with van der Waals surface area (Å²) in [4.78, 5) is 20.3. The van der Waals surface area contributed by atoms with Gasteiger partial charge in [-0.05, 0) is 48.0 Å². The molecule has 0 aliphatic heterocycles. The van der Waals surface area contributed by atoms with Gasteiger partial charge in [-0.1, -0.05) is 12.1 Å². The monoisotopic (exact) mass is 532 g/mol. The molecule has 0 fully saturated rings. The maximum absolute atomic E-state index is 13.9. The molecular weight excluding hydrogens is 513 g/mol. The number of hydroxylamine groups is 1. The number of pyridine rings is 2. The second-order valence-electron chi connectivity index (χ2n) is 7.74. The number of rotatable bonds is 7. The number of methoxy groups -OCH3 is 1. The quantitative estimate of drug-likeness (QED) is 0.271. The van der Waals surface area contributed by atoms with E-state index in [-0.39, 0.29) is 33.6 Å². The summed E-state index contributed by atoms with van der Waals surface area (Å²) in [6.45, 7) is -0.339. The molecule has 0 atom stereocenters. The van der Waals surface area contributed by atoms with Gasteiger partial charge in [-0.15, -0.1) is 0 Å². The lowest BCUT2D eigenvalue weighted by Gasteiger charge is -2.27. The van der Waals surface area contributed by atoms with E-state index in [9.17, 15) is 31.6 Å². The molecule has 0 unspecified atom stereocenters. The molecule has 0 saturated heterocycles. The van der Waals surface area contributed by atoms with E-state index in [1.54, 1.807) is 12.1 Å². The Balaban J connectivity index is 2.02. The lowest BCUT2D eigenvalue weighted by Crippen LogP contribution is -2.33. The van der Waals surface area contributed by atoms with Gasteiger partial charge in [0, 0.05) is 24.0 Å². The number of carbonyl (C=O) groups excluding carboxylic acids is 1. The van der Waals surface area contributed by atoms with E-state index in [1.165, 1.54) is 49.2 Å². The van der Waals surface area contributed by atoms with E-state index in [0.717, 1.165) is 28.7 Å². The van der Waals surface area contributed by atoms with Crippen molar-refractivity contribution in [1.82, 2.24) is 15.4 Å². The van der Waals surface area contributed by atoms with Gasteiger partial charge in [0.25, 0.3) is 15.9 Å². The van der Waals surface area contributed by atoms with Gasteiger partial charge in [-0.25, -0.2) is 13.9 Å². The fraction of sp³-hybridized carbons (Fsp3) is 0.125. The Labute approximate surface area is 209 Å². The Morgan fingerprint density at radius 1 is 1.11 bits per heavy atom. The fourth-order valence-electron chi connectivity index (χ4n) is 3.67. The van der Waals surface area contributed by atoms with E-state index in [1.807, 2.05) is 0 Å². The molecule has 2 aromatic heterocycles. The molecule has 13 heteroatoms. The Hall–Kier alpha value is -4.23. The van der Waals surface area contributed by atoms with E-state index in [4.69, 9.17) is 4.74 Å². The molecule has 4 aromatic rings. The Morgan fingerprint density at radius 2 is 1.84 bits per heavy atom. The summed E-state index contributed by atoms with van der Waals surface area (Å²) in [7, 11) is -3.02.